The Morgan fingerprint density at radius 3 is 2.73 bits per heavy atom. The number of nitrogens with two attached hydrogens (primary N) is 1. The molecule has 0 spiro atoms. The van der Waals surface area contributed by atoms with Gasteiger partial charge in [0.05, 0.1) is 0 Å². The van der Waals surface area contributed by atoms with E-state index in [1.165, 1.54) is 19.3 Å². The van der Waals surface area contributed by atoms with Crippen LogP contribution >= 0.6 is 11.8 Å². The highest BCUT2D eigenvalue weighted by atomic mass is 32.2. The first-order chi connectivity index (χ1) is 5.24. The van der Waals surface area contributed by atoms with Crippen molar-refractivity contribution in [2.24, 2.45) is 11.7 Å². The van der Waals surface area contributed by atoms with E-state index in [9.17, 15) is 0 Å². The lowest BCUT2D eigenvalue weighted by Crippen LogP contribution is -2.21. The fraction of sp³-hybridized carbons (Fsp3) is 1.00. The molecule has 1 aliphatic carbocycles. The zero-order valence-corrected chi connectivity index (χ0v) is 8.36. The zero-order valence-electron chi connectivity index (χ0n) is 7.55. The van der Waals surface area contributed by atoms with Crippen LogP contribution < -0.4 is 5.73 Å². The van der Waals surface area contributed by atoms with Gasteiger partial charge in [-0.15, -0.1) is 0 Å². The van der Waals surface area contributed by atoms with Crippen molar-refractivity contribution in [2.45, 2.75) is 43.6 Å². The predicted octanol–water partition coefficient (Wildman–Crippen LogP) is 2.26. The van der Waals surface area contributed by atoms with Crippen molar-refractivity contribution in [1.29, 1.82) is 0 Å². The van der Waals surface area contributed by atoms with Gasteiger partial charge in [-0.05, 0) is 30.6 Å². The van der Waals surface area contributed by atoms with E-state index in [0.29, 0.717) is 0 Å². The van der Waals surface area contributed by atoms with Crippen molar-refractivity contribution in [2.75, 3.05) is 6.54 Å². The third-order valence-electron chi connectivity index (χ3n) is 2.34. The number of hydrogen-bond donors (Lipinski definition) is 1. The first-order valence-electron chi connectivity index (χ1n) is 4.59. The number of thioether (sulfide) groups is 1. The zero-order chi connectivity index (χ0) is 8.27. The molecule has 0 radical (unpaired) electrons. The number of rotatable bonds is 3. The second-order valence-electron chi connectivity index (χ2n) is 3.65. The van der Waals surface area contributed by atoms with Gasteiger partial charge in [0.1, 0.15) is 0 Å². The van der Waals surface area contributed by atoms with E-state index in [1.54, 1.807) is 0 Å². The fourth-order valence-electron chi connectivity index (χ4n) is 1.80. The van der Waals surface area contributed by atoms with E-state index in [2.05, 4.69) is 25.6 Å². The Morgan fingerprint density at radius 1 is 1.45 bits per heavy atom. The van der Waals surface area contributed by atoms with Gasteiger partial charge in [0.25, 0.3) is 0 Å². The summed E-state index contributed by atoms with van der Waals surface area (Å²) in [6, 6.07) is 0. The predicted molar refractivity (Wildman–Crippen MR) is 52.9 cm³/mol. The molecule has 2 N–H and O–H groups in total. The molecule has 1 saturated carbocycles. The van der Waals surface area contributed by atoms with E-state index < -0.39 is 0 Å². The third kappa shape index (κ3) is 2.68. The molecule has 2 atom stereocenters. The van der Waals surface area contributed by atoms with Gasteiger partial charge in [-0.2, -0.15) is 11.8 Å². The van der Waals surface area contributed by atoms with E-state index in [-0.39, 0.29) is 0 Å². The summed E-state index contributed by atoms with van der Waals surface area (Å²) in [5, 5.41) is 1.63. The maximum Gasteiger partial charge on any atom is 0.00899 e. The standard InChI is InChI=1S/C9H19NS/c1-7(2)11-9-5-3-4-8(9)6-10/h7-9H,3-6,10H2,1-2H3. The van der Waals surface area contributed by atoms with Crippen molar-refractivity contribution < 1.29 is 0 Å². The molecule has 0 aromatic carbocycles. The summed E-state index contributed by atoms with van der Waals surface area (Å²) in [5.74, 6) is 0.808. The Kier molecular flexibility index (Phi) is 3.73. The van der Waals surface area contributed by atoms with E-state index in [4.69, 9.17) is 5.73 Å². The topological polar surface area (TPSA) is 26.0 Å². The molecule has 0 bridgehead atoms. The highest BCUT2D eigenvalue weighted by molar-refractivity contribution is 8.00. The maximum absolute atomic E-state index is 5.69. The van der Waals surface area contributed by atoms with Gasteiger partial charge in [0.2, 0.25) is 0 Å². The SMILES string of the molecule is CC(C)SC1CCCC1CN. The second kappa shape index (κ2) is 4.36. The van der Waals surface area contributed by atoms with Crippen LogP contribution in [0.4, 0.5) is 0 Å². The molecule has 1 aliphatic rings. The molecule has 1 nitrogen and oxygen atoms in total. The molecular weight excluding hydrogens is 154 g/mol. The smallest absolute Gasteiger partial charge is 0.00899 e. The minimum atomic E-state index is 0.771. The van der Waals surface area contributed by atoms with Gasteiger partial charge in [-0.1, -0.05) is 20.3 Å². The van der Waals surface area contributed by atoms with Crippen LogP contribution in [0.2, 0.25) is 0 Å². The Labute approximate surface area is 74.1 Å². The monoisotopic (exact) mass is 173 g/mol. The first kappa shape index (κ1) is 9.40. The van der Waals surface area contributed by atoms with Crippen LogP contribution in [0, 0.1) is 5.92 Å². The molecule has 1 fully saturated rings. The highest BCUT2D eigenvalue weighted by Crippen LogP contribution is 2.36. The minimum absolute atomic E-state index is 0.771. The molecular formula is C9H19NS. The summed E-state index contributed by atoms with van der Waals surface area (Å²) in [6.07, 6.45) is 4.15. The Balaban J connectivity index is 2.31. The second-order valence-corrected chi connectivity index (χ2v) is 5.47. The third-order valence-corrected chi connectivity index (χ3v) is 3.85. The molecule has 0 aromatic heterocycles. The summed E-state index contributed by atoms with van der Waals surface area (Å²) in [4.78, 5) is 0. The maximum atomic E-state index is 5.69. The average molecular weight is 173 g/mol. The normalized spacial score (nSPS) is 31.6. The van der Waals surface area contributed by atoms with Crippen molar-refractivity contribution in [3.63, 3.8) is 0 Å². The van der Waals surface area contributed by atoms with Gasteiger partial charge in [-0.3, -0.25) is 0 Å². The first-order valence-corrected chi connectivity index (χ1v) is 5.54. The molecule has 1 rings (SSSR count). The van der Waals surface area contributed by atoms with Crippen LogP contribution in [0.1, 0.15) is 33.1 Å². The molecule has 66 valence electrons. The molecule has 11 heavy (non-hydrogen) atoms. The molecule has 0 aliphatic heterocycles. The van der Waals surface area contributed by atoms with Gasteiger partial charge in [0, 0.05) is 5.25 Å². The van der Waals surface area contributed by atoms with Crippen LogP contribution in [0.3, 0.4) is 0 Å². The summed E-state index contributed by atoms with van der Waals surface area (Å²) in [5.41, 5.74) is 5.69. The van der Waals surface area contributed by atoms with Gasteiger partial charge < -0.3 is 5.73 Å². The van der Waals surface area contributed by atoms with Gasteiger partial charge in [-0.25, -0.2) is 0 Å². The molecule has 0 amide bonds. The summed E-state index contributed by atoms with van der Waals surface area (Å²) in [7, 11) is 0. The van der Waals surface area contributed by atoms with E-state index >= 15 is 0 Å². The van der Waals surface area contributed by atoms with Gasteiger partial charge >= 0.3 is 0 Å². The largest absolute Gasteiger partial charge is 0.330 e. The van der Waals surface area contributed by atoms with Crippen LogP contribution in [0.25, 0.3) is 0 Å². The van der Waals surface area contributed by atoms with Crippen molar-refractivity contribution >= 4 is 11.8 Å². The van der Waals surface area contributed by atoms with E-state index in [0.717, 1.165) is 23.0 Å². The lowest BCUT2D eigenvalue weighted by molar-refractivity contribution is 0.572. The lowest BCUT2D eigenvalue weighted by atomic mass is 10.1. The molecule has 2 unspecified atom stereocenters. The van der Waals surface area contributed by atoms with Crippen molar-refractivity contribution in [3.05, 3.63) is 0 Å². The molecule has 2 heteroatoms. The van der Waals surface area contributed by atoms with Crippen molar-refractivity contribution in [3.8, 4) is 0 Å². The van der Waals surface area contributed by atoms with Crippen LogP contribution in [0.15, 0.2) is 0 Å². The van der Waals surface area contributed by atoms with Crippen molar-refractivity contribution in [1.82, 2.24) is 0 Å². The summed E-state index contributed by atoms with van der Waals surface area (Å²) >= 11 is 2.11. The quantitative estimate of drug-likeness (QED) is 0.708. The number of hydrogen-bond acceptors (Lipinski definition) is 2. The minimum Gasteiger partial charge on any atom is -0.330 e. The Hall–Kier alpha value is 0.310. The van der Waals surface area contributed by atoms with Crippen LogP contribution in [0.5, 0.6) is 0 Å². The van der Waals surface area contributed by atoms with Crippen LogP contribution in [-0.4, -0.2) is 17.0 Å². The lowest BCUT2D eigenvalue weighted by Gasteiger charge is -2.19. The van der Waals surface area contributed by atoms with Gasteiger partial charge in [0.15, 0.2) is 0 Å². The highest BCUT2D eigenvalue weighted by Gasteiger charge is 2.26. The summed E-state index contributed by atoms with van der Waals surface area (Å²) in [6.45, 7) is 5.44. The fourth-order valence-corrected chi connectivity index (χ4v) is 3.27. The Bertz CT molecular complexity index is 114. The molecule has 0 heterocycles. The van der Waals surface area contributed by atoms with E-state index in [1.807, 2.05) is 0 Å². The molecule has 0 aromatic rings. The summed E-state index contributed by atoms with van der Waals surface area (Å²) < 4.78 is 0. The van der Waals surface area contributed by atoms with Crippen LogP contribution in [-0.2, 0) is 0 Å². The molecule has 0 saturated heterocycles. The Morgan fingerprint density at radius 2 is 2.18 bits per heavy atom. The average Bonchev–Trinajstić information content (AvgIpc) is 2.34.